The summed E-state index contributed by atoms with van der Waals surface area (Å²) >= 11 is 6.15. The molecule has 4 heterocycles. The third-order valence-corrected chi connectivity index (χ3v) is 4.47. The summed E-state index contributed by atoms with van der Waals surface area (Å²) in [4.78, 5) is 22.6. The van der Waals surface area contributed by atoms with Crippen molar-refractivity contribution in [2.75, 3.05) is 16.8 Å². The number of carbonyl (C=O) groups is 1. The van der Waals surface area contributed by atoms with Crippen LogP contribution in [0.25, 0.3) is 5.82 Å². The zero-order valence-electron chi connectivity index (χ0n) is 15.2. The Labute approximate surface area is 176 Å². The minimum atomic E-state index is -4.77. The van der Waals surface area contributed by atoms with Crippen molar-refractivity contribution in [2.24, 2.45) is 0 Å². The highest BCUT2D eigenvalue weighted by Crippen LogP contribution is 2.39. The van der Waals surface area contributed by atoms with E-state index < -0.39 is 24.9 Å². The third-order valence-electron chi connectivity index (χ3n) is 4.19. The molecule has 1 N–H and O–H groups in total. The number of ether oxygens (including phenoxy) is 1. The zero-order chi connectivity index (χ0) is 22.2. The van der Waals surface area contributed by atoms with Crippen LogP contribution in [0, 0.1) is 11.3 Å². The molecule has 3 aromatic heterocycles. The molecule has 1 aliphatic heterocycles. The predicted molar refractivity (Wildman–Crippen MR) is 100.0 cm³/mol. The number of amides is 2. The number of alkyl halides is 3. The smallest absolute Gasteiger partial charge is 0.427 e. The van der Waals surface area contributed by atoms with Gasteiger partial charge in [-0.1, -0.05) is 11.6 Å². The van der Waals surface area contributed by atoms with Crippen molar-refractivity contribution in [1.29, 1.82) is 5.26 Å². The van der Waals surface area contributed by atoms with Gasteiger partial charge in [0.1, 0.15) is 17.3 Å². The van der Waals surface area contributed by atoms with E-state index in [1.807, 2.05) is 0 Å². The van der Waals surface area contributed by atoms with Gasteiger partial charge in [-0.3, -0.25) is 9.88 Å². The Morgan fingerprint density at radius 3 is 2.68 bits per heavy atom. The summed E-state index contributed by atoms with van der Waals surface area (Å²) in [5, 5.41) is 19.5. The van der Waals surface area contributed by atoms with Crippen LogP contribution in [0.15, 0.2) is 37.1 Å². The molecule has 0 saturated carbocycles. The largest absolute Gasteiger partial charge is 0.475 e. The molecule has 3 aromatic rings. The molecule has 158 valence electrons. The van der Waals surface area contributed by atoms with E-state index in [0.717, 1.165) is 22.1 Å². The van der Waals surface area contributed by atoms with Crippen LogP contribution >= 0.6 is 11.6 Å². The second-order valence-electron chi connectivity index (χ2n) is 6.18. The monoisotopic (exact) mass is 450 g/mol. The molecule has 10 nitrogen and oxygen atoms in total. The first-order chi connectivity index (χ1) is 14.8. The van der Waals surface area contributed by atoms with E-state index in [1.54, 1.807) is 6.07 Å². The molecule has 4 rings (SSSR count). The van der Waals surface area contributed by atoms with Gasteiger partial charge >= 0.3 is 12.2 Å². The third kappa shape index (κ3) is 3.92. The summed E-state index contributed by atoms with van der Waals surface area (Å²) in [6.07, 6.45) is -0.812. The van der Waals surface area contributed by atoms with Crippen molar-refractivity contribution in [2.45, 2.75) is 12.3 Å². The van der Waals surface area contributed by atoms with Crippen LogP contribution < -0.4 is 15.0 Å². The number of halogens is 4. The van der Waals surface area contributed by atoms with Crippen molar-refractivity contribution in [1.82, 2.24) is 25.0 Å². The standard InChI is InChI=1S/C17H10ClF3N8O2/c18-11-3-10(6-24-15(11)29-25-1-2-26-29)27-16(30)28-8-13(17(19,20)21)31-14-9(4-22)5-23-7-12(14)28/h1-3,5-7,13H,8H2,(H,27,30). The lowest BCUT2D eigenvalue weighted by atomic mass is 10.1. The molecule has 1 unspecified atom stereocenters. The lowest BCUT2D eigenvalue weighted by Crippen LogP contribution is -2.51. The average molecular weight is 451 g/mol. The summed E-state index contributed by atoms with van der Waals surface area (Å²) < 4.78 is 45.0. The first kappa shape index (κ1) is 20.4. The minimum Gasteiger partial charge on any atom is -0.475 e. The van der Waals surface area contributed by atoms with Crippen LogP contribution in [0.5, 0.6) is 5.75 Å². The van der Waals surface area contributed by atoms with Crippen LogP contribution in [0.3, 0.4) is 0 Å². The Balaban J connectivity index is 1.64. The van der Waals surface area contributed by atoms with Gasteiger partial charge in [-0.2, -0.15) is 28.6 Å². The van der Waals surface area contributed by atoms with Gasteiger partial charge < -0.3 is 10.1 Å². The maximum Gasteiger partial charge on any atom is 0.427 e. The van der Waals surface area contributed by atoms with E-state index in [4.69, 9.17) is 16.3 Å². The summed E-state index contributed by atoms with van der Waals surface area (Å²) in [6, 6.07) is 2.14. The number of fused-ring (bicyclic) bond motifs is 1. The number of urea groups is 1. The number of anilines is 2. The van der Waals surface area contributed by atoms with Gasteiger partial charge in [-0.15, -0.1) is 4.80 Å². The summed E-state index contributed by atoms with van der Waals surface area (Å²) in [6.45, 7) is -0.838. The lowest BCUT2D eigenvalue weighted by molar-refractivity contribution is -0.193. The number of nitriles is 1. The first-order valence-electron chi connectivity index (χ1n) is 8.50. The van der Waals surface area contributed by atoms with E-state index in [9.17, 15) is 23.2 Å². The molecule has 1 aliphatic rings. The topological polar surface area (TPSA) is 122 Å². The van der Waals surface area contributed by atoms with Crippen LogP contribution in [0.4, 0.5) is 29.3 Å². The van der Waals surface area contributed by atoms with Gasteiger partial charge in [0.2, 0.25) is 6.10 Å². The highest BCUT2D eigenvalue weighted by atomic mass is 35.5. The highest BCUT2D eigenvalue weighted by molar-refractivity contribution is 6.32. The van der Waals surface area contributed by atoms with Gasteiger partial charge in [0, 0.05) is 6.20 Å². The molecular formula is C17H10ClF3N8O2. The van der Waals surface area contributed by atoms with Gasteiger partial charge in [0.25, 0.3) is 0 Å². The fraction of sp³-hybridized carbons (Fsp3) is 0.176. The molecule has 31 heavy (non-hydrogen) atoms. The van der Waals surface area contributed by atoms with Gasteiger partial charge in [0.05, 0.1) is 42.0 Å². The van der Waals surface area contributed by atoms with Crippen molar-refractivity contribution in [3.8, 4) is 17.6 Å². The summed E-state index contributed by atoms with van der Waals surface area (Å²) in [5.74, 6) is -0.182. The molecule has 1 atom stereocenters. The summed E-state index contributed by atoms with van der Waals surface area (Å²) in [5.41, 5.74) is -0.189. The fourth-order valence-corrected chi connectivity index (χ4v) is 3.04. The summed E-state index contributed by atoms with van der Waals surface area (Å²) in [7, 11) is 0. The highest BCUT2D eigenvalue weighted by Gasteiger charge is 2.47. The van der Waals surface area contributed by atoms with Crippen molar-refractivity contribution >= 4 is 29.0 Å². The average Bonchev–Trinajstić information content (AvgIpc) is 3.26. The SMILES string of the molecule is N#Cc1cncc2c1OC(C(F)(F)F)CN2C(=O)Nc1cnc(-n2nccn2)c(Cl)c1. The normalized spacial score (nSPS) is 15.6. The molecule has 0 bridgehead atoms. The van der Waals surface area contributed by atoms with E-state index >= 15 is 0 Å². The molecule has 14 heteroatoms. The maximum atomic E-state index is 13.3. The Morgan fingerprint density at radius 1 is 1.29 bits per heavy atom. The second kappa shape index (κ2) is 7.73. The van der Waals surface area contributed by atoms with E-state index in [-0.39, 0.29) is 33.5 Å². The van der Waals surface area contributed by atoms with Crippen LogP contribution in [0.2, 0.25) is 5.02 Å². The molecule has 0 saturated heterocycles. The van der Waals surface area contributed by atoms with Crippen molar-refractivity contribution in [3.05, 3.63) is 47.6 Å². The number of rotatable bonds is 2. The molecule has 0 aliphatic carbocycles. The zero-order valence-corrected chi connectivity index (χ0v) is 16.0. The Morgan fingerprint density at radius 2 is 2.03 bits per heavy atom. The van der Waals surface area contributed by atoms with Crippen molar-refractivity contribution in [3.63, 3.8) is 0 Å². The van der Waals surface area contributed by atoms with Gasteiger partial charge in [-0.25, -0.2) is 9.78 Å². The Hall–Kier alpha value is -3.92. The molecule has 0 radical (unpaired) electrons. The van der Waals surface area contributed by atoms with E-state index in [0.29, 0.717) is 0 Å². The number of carbonyl (C=O) groups excluding carboxylic acids is 1. The minimum absolute atomic E-state index is 0.0755. The quantitative estimate of drug-likeness (QED) is 0.636. The number of nitrogens with zero attached hydrogens (tertiary/aromatic N) is 7. The number of pyridine rings is 2. The van der Waals surface area contributed by atoms with Crippen LogP contribution in [0.1, 0.15) is 5.56 Å². The van der Waals surface area contributed by atoms with Gasteiger partial charge in [-0.05, 0) is 6.07 Å². The van der Waals surface area contributed by atoms with E-state index in [1.165, 1.54) is 24.7 Å². The number of nitrogens with one attached hydrogen (secondary N) is 1. The number of hydrogen-bond donors (Lipinski definition) is 1. The lowest BCUT2D eigenvalue weighted by Gasteiger charge is -2.35. The predicted octanol–water partition coefficient (Wildman–Crippen LogP) is 2.94. The fourth-order valence-electron chi connectivity index (χ4n) is 2.80. The second-order valence-corrected chi connectivity index (χ2v) is 6.59. The maximum absolute atomic E-state index is 13.3. The Kier molecular flexibility index (Phi) is 5.07. The first-order valence-corrected chi connectivity index (χ1v) is 8.88. The molecule has 0 fully saturated rings. The molecule has 2 amide bonds. The van der Waals surface area contributed by atoms with Gasteiger partial charge in [0.15, 0.2) is 11.6 Å². The molecule has 0 aromatic carbocycles. The number of aromatic nitrogens is 5. The number of hydrogen-bond acceptors (Lipinski definition) is 7. The Bertz CT molecular complexity index is 1180. The van der Waals surface area contributed by atoms with Crippen molar-refractivity contribution < 1.29 is 22.7 Å². The van der Waals surface area contributed by atoms with Crippen LogP contribution in [-0.2, 0) is 0 Å². The molecule has 0 spiro atoms. The molecular weight excluding hydrogens is 441 g/mol. The van der Waals surface area contributed by atoms with Crippen LogP contribution in [-0.4, -0.2) is 49.8 Å². The van der Waals surface area contributed by atoms with E-state index in [2.05, 4.69) is 25.5 Å².